The number of rotatable bonds is 3. The fourth-order valence-corrected chi connectivity index (χ4v) is 5.79. The quantitative estimate of drug-likeness (QED) is 0.128. The van der Waals surface area contributed by atoms with Gasteiger partial charge < -0.3 is 25.2 Å². The van der Waals surface area contributed by atoms with Crippen molar-refractivity contribution in [2.24, 2.45) is 0 Å². The maximum atomic E-state index is 12.2. The van der Waals surface area contributed by atoms with Crippen molar-refractivity contribution >= 4 is 11.7 Å². The summed E-state index contributed by atoms with van der Waals surface area (Å²) in [5.74, 6) is -0.723. The molecule has 0 saturated heterocycles. The number of ether oxygens (including phenoxy) is 1. The van der Waals surface area contributed by atoms with Crippen LogP contribution >= 0.6 is 0 Å². The minimum absolute atomic E-state index is 0.00564. The Balaban J connectivity index is 1.79. The summed E-state index contributed by atoms with van der Waals surface area (Å²) >= 11 is 0. The summed E-state index contributed by atoms with van der Waals surface area (Å²) in [4.78, 5) is 23.4. The molecular formula is C33H31NO8. The number of nitrogens with zero attached hydrogens (tertiary/aromatic N) is 1. The smallest absolute Gasteiger partial charge is 0.309 e. The Hall–Kier alpha value is -5.05. The lowest BCUT2D eigenvalue weighted by molar-refractivity contribution is -0.385. The molecule has 0 atom stereocenters. The van der Waals surface area contributed by atoms with Gasteiger partial charge >= 0.3 is 5.97 Å². The van der Waals surface area contributed by atoms with Gasteiger partial charge in [0.15, 0.2) is 0 Å². The normalized spacial score (nSPS) is 12.5. The Morgan fingerprint density at radius 2 is 0.976 bits per heavy atom. The Kier molecular flexibility index (Phi) is 7.51. The molecule has 8 bridgehead atoms. The van der Waals surface area contributed by atoms with Gasteiger partial charge in [0.1, 0.15) is 23.0 Å². The van der Waals surface area contributed by atoms with Gasteiger partial charge in [0, 0.05) is 48.9 Å². The molecule has 216 valence electrons. The number of methoxy groups -OCH3 is 1. The van der Waals surface area contributed by atoms with Crippen molar-refractivity contribution in [3.05, 3.63) is 120 Å². The number of fused-ring (bicyclic) bond motifs is 8. The number of phenols is 4. The molecule has 0 aromatic heterocycles. The third-order valence-corrected chi connectivity index (χ3v) is 7.71. The molecule has 0 aliphatic heterocycles. The molecule has 4 N–H and O–H groups in total. The second kappa shape index (κ2) is 11.1. The number of esters is 1. The van der Waals surface area contributed by atoms with Crippen LogP contribution in [0.1, 0.15) is 61.2 Å². The molecule has 0 spiro atoms. The first-order valence-corrected chi connectivity index (χ1v) is 13.5. The van der Waals surface area contributed by atoms with Crippen LogP contribution in [0.3, 0.4) is 0 Å². The highest BCUT2D eigenvalue weighted by Gasteiger charge is 2.23. The number of carbonyl (C=O) groups excluding carboxylic acids is 1. The molecule has 0 amide bonds. The number of aromatic hydroxyl groups is 4. The Morgan fingerprint density at radius 3 is 1.29 bits per heavy atom. The van der Waals surface area contributed by atoms with E-state index in [0.29, 0.717) is 38.9 Å². The van der Waals surface area contributed by atoms with Crippen molar-refractivity contribution in [2.75, 3.05) is 7.11 Å². The molecule has 4 aromatic rings. The van der Waals surface area contributed by atoms with Crippen LogP contribution in [0, 0.1) is 24.0 Å². The maximum Gasteiger partial charge on any atom is 0.309 e. The molecule has 0 saturated carbocycles. The first-order chi connectivity index (χ1) is 19.9. The lowest BCUT2D eigenvalue weighted by Gasteiger charge is -2.19. The van der Waals surface area contributed by atoms with Crippen LogP contribution in [-0.4, -0.2) is 38.4 Å². The zero-order valence-electron chi connectivity index (χ0n) is 23.5. The minimum atomic E-state index is -0.533. The predicted molar refractivity (Wildman–Crippen MR) is 155 cm³/mol. The SMILES string of the molecule is COC(=O)Cc1cc2c(O)c(c1)Cc1cc(C)cc(c1O)Cc1cc([N+](=O)[O-])cc(c1O)Cc1cc(C)cc(c1O)C2. The standard InChI is InChI=1S/C33H31NO8/c1-17-4-20-11-24-8-19(10-29(35)42-3)9-25(32(24)38)12-21-5-18(2)7-23(31(21)37)14-27-16-28(34(40)41)15-26(33(27)39)13-22(6-17)30(20)36/h4-9,15-16,36-39H,10-14H2,1-3H3. The molecule has 5 rings (SSSR count). The van der Waals surface area contributed by atoms with Crippen LogP contribution in [0.4, 0.5) is 5.69 Å². The minimum Gasteiger partial charge on any atom is -0.507 e. The number of non-ortho nitro benzene ring substituents is 1. The van der Waals surface area contributed by atoms with Gasteiger partial charge in [-0.15, -0.1) is 0 Å². The molecule has 9 heteroatoms. The third-order valence-electron chi connectivity index (χ3n) is 7.71. The first kappa shape index (κ1) is 28.5. The number of carbonyl (C=O) groups is 1. The number of hydrogen-bond donors (Lipinski definition) is 4. The van der Waals surface area contributed by atoms with Crippen molar-refractivity contribution in [1.82, 2.24) is 0 Å². The summed E-state index contributed by atoms with van der Waals surface area (Å²) in [5, 5.41) is 57.1. The number of nitro benzene ring substituents is 1. The van der Waals surface area contributed by atoms with E-state index in [-0.39, 0.29) is 71.9 Å². The Morgan fingerprint density at radius 1 is 0.667 bits per heavy atom. The van der Waals surface area contributed by atoms with E-state index in [4.69, 9.17) is 4.74 Å². The van der Waals surface area contributed by atoms with Gasteiger partial charge in [-0.05, 0) is 52.8 Å². The number of phenolic OH excluding ortho intramolecular Hbond substituents is 4. The van der Waals surface area contributed by atoms with E-state index >= 15 is 0 Å². The Labute approximate surface area is 242 Å². The number of aryl methyl sites for hydroxylation is 2. The second-order valence-corrected chi connectivity index (χ2v) is 11.0. The van der Waals surface area contributed by atoms with E-state index in [2.05, 4.69) is 0 Å². The average Bonchev–Trinajstić information content (AvgIpc) is 2.93. The van der Waals surface area contributed by atoms with Gasteiger partial charge in [-0.3, -0.25) is 14.9 Å². The summed E-state index contributed by atoms with van der Waals surface area (Å²) in [6.07, 6.45) is 0.216. The van der Waals surface area contributed by atoms with Crippen molar-refractivity contribution < 1.29 is 34.9 Å². The first-order valence-electron chi connectivity index (χ1n) is 13.5. The van der Waals surface area contributed by atoms with Crippen LogP contribution in [0.2, 0.25) is 0 Å². The summed E-state index contributed by atoms with van der Waals surface area (Å²) in [6, 6.07) is 13.0. The van der Waals surface area contributed by atoms with E-state index in [1.165, 1.54) is 19.2 Å². The summed E-state index contributed by atoms with van der Waals surface area (Å²) in [6.45, 7) is 3.69. The molecule has 42 heavy (non-hydrogen) atoms. The average molecular weight is 570 g/mol. The van der Waals surface area contributed by atoms with Crippen molar-refractivity contribution in [3.63, 3.8) is 0 Å². The largest absolute Gasteiger partial charge is 0.507 e. The van der Waals surface area contributed by atoms with Crippen molar-refractivity contribution in [1.29, 1.82) is 0 Å². The molecular weight excluding hydrogens is 538 g/mol. The fourth-order valence-electron chi connectivity index (χ4n) is 5.79. The third kappa shape index (κ3) is 5.58. The maximum absolute atomic E-state index is 12.2. The molecule has 4 aromatic carbocycles. The van der Waals surface area contributed by atoms with Gasteiger partial charge in [0.2, 0.25) is 0 Å². The molecule has 1 aliphatic carbocycles. The summed E-state index contributed by atoms with van der Waals surface area (Å²) in [7, 11) is 1.30. The van der Waals surface area contributed by atoms with E-state index in [0.717, 1.165) is 11.1 Å². The van der Waals surface area contributed by atoms with E-state index in [1.807, 2.05) is 13.8 Å². The topological polar surface area (TPSA) is 150 Å². The molecule has 0 fully saturated rings. The van der Waals surface area contributed by atoms with E-state index in [1.54, 1.807) is 36.4 Å². The highest BCUT2D eigenvalue weighted by atomic mass is 16.6. The molecule has 1 aliphatic rings. The van der Waals surface area contributed by atoms with Crippen LogP contribution in [0.15, 0.2) is 48.5 Å². The van der Waals surface area contributed by atoms with Gasteiger partial charge in [0.25, 0.3) is 5.69 Å². The highest BCUT2D eigenvalue weighted by Crippen LogP contribution is 2.39. The number of nitro groups is 1. The van der Waals surface area contributed by atoms with Gasteiger partial charge in [0.05, 0.1) is 18.5 Å². The lowest BCUT2D eigenvalue weighted by Crippen LogP contribution is -2.07. The molecule has 0 unspecified atom stereocenters. The second-order valence-electron chi connectivity index (χ2n) is 11.0. The molecule has 0 heterocycles. The zero-order valence-corrected chi connectivity index (χ0v) is 23.5. The summed E-state index contributed by atoms with van der Waals surface area (Å²) in [5.41, 5.74) is 5.38. The van der Waals surface area contributed by atoms with E-state index < -0.39 is 10.9 Å². The molecule has 9 nitrogen and oxygen atoms in total. The van der Waals surface area contributed by atoms with Crippen molar-refractivity contribution in [3.8, 4) is 23.0 Å². The fraction of sp³-hybridized carbons (Fsp3) is 0.242. The van der Waals surface area contributed by atoms with Crippen LogP contribution < -0.4 is 0 Å². The zero-order chi connectivity index (χ0) is 30.3. The van der Waals surface area contributed by atoms with Gasteiger partial charge in [-0.1, -0.05) is 47.5 Å². The van der Waals surface area contributed by atoms with Crippen LogP contribution in [0.25, 0.3) is 0 Å². The van der Waals surface area contributed by atoms with E-state index in [9.17, 15) is 35.3 Å². The van der Waals surface area contributed by atoms with Gasteiger partial charge in [-0.25, -0.2) is 0 Å². The summed E-state index contributed by atoms with van der Waals surface area (Å²) < 4.78 is 4.86. The predicted octanol–water partition coefficient (Wildman–Crippen LogP) is 5.43. The number of hydrogen-bond acceptors (Lipinski definition) is 8. The highest BCUT2D eigenvalue weighted by molar-refractivity contribution is 5.73. The van der Waals surface area contributed by atoms with Crippen molar-refractivity contribution in [2.45, 2.75) is 46.0 Å². The van der Waals surface area contributed by atoms with Crippen LogP contribution in [0.5, 0.6) is 23.0 Å². The molecule has 0 radical (unpaired) electrons. The lowest BCUT2D eigenvalue weighted by atomic mass is 9.89. The van der Waals surface area contributed by atoms with Gasteiger partial charge in [-0.2, -0.15) is 0 Å². The number of benzene rings is 4. The Bertz CT molecular complexity index is 1650. The van der Waals surface area contributed by atoms with Crippen LogP contribution in [-0.2, 0) is 41.6 Å². The monoisotopic (exact) mass is 569 g/mol.